The first-order valence-electron chi connectivity index (χ1n) is 15.6. The lowest BCUT2D eigenvalue weighted by atomic mass is 9.92. The summed E-state index contributed by atoms with van der Waals surface area (Å²) in [6.07, 6.45) is 5.27. The monoisotopic (exact) mass is 578 g/mol. The summed E-state index contributed by atoms with van der Waals surface area (Å²) in [5, 5.41) is 4.21. The number of carbonyl (C=O) groups is 3. The van der Waals surface area contributed by atoms with E-state index >= 15 is 0 Å². The van der Waals surface area contributed by atoms with Crippen LogP contribution in [0.4, 0.5) is 0 Å². The molecule has 0 bridgehead atoms. The molecule has 4 aromatic rings. The van der Waals surface area contributed by atoms with Crippen LogP contribution in [0.25, 0.3) is 21.5 Å². The molecule has 1 aromatic heterocycles. The Morgan fingerprint density at radius 2 is 1.28 bits per heavy atom. The predicted octanol–water partition coefficient (Wildman–Crippen LogP) is 4.89. The Balaban J connectivity index is 0.965. The summed E-state index contributed by atoms with van der Waals surface area (Å²) in [6, 6.07) is 22.3. The molecule has 0 aliphatic carbocycles. The van der Waals surface area contributed by atoms with E-state index in [0.29, 0.717) is 38.0 Å². The Morgan fingerprint density at radius 3 is 1.93 bits per heavy atom. The number of hydrogen-bond donors (Lipinski definition) is 0. The molecule has 8 nitrogen and oxygen atoms in total. The highest BCUT2D eigenvalue weighted by Gasteiger charge is 2.36. The summed E-state index contributed by atoms with van der Waals surface area (Å²) >= 11 is 0. The van der Waals surface area contributed by atoms with E-state index in [0.717, 1.165) is 79.0 Å². The maximum Gasteiger partial charge on any atom is 0.289 e. The van der Waals surface area contributed by atoms with Gasteiger partial charge in [0.15, 0.2) is 5.76 Å². The van der Waals surface area contributed by atoms with E-state index in [2.05, 4.69) is 35.2 Å². The largest absolute Gasteiger partial charge is 0.459 e. The summed E-state index contributed by atoms with van der Waals surface area (Å²) in [5.74, 6) is 0.552. The second-order valence-electron chi connectivity index (χ2n) is 12.1. The zero-order valence-electron chi connectivity index (χ0n) is 24.5. The summed E-state index contributed by atoms with van der Waals surface area (Å²) in [6.45, 7) is 5.40. The van der Waals surface area contributed by atoms with Crippen molar-refractivity contribution in [2.45, 2.75) is 31.7 Å². The fourth-order valence-corrected chi connectivity index (χ4v) is 7.32. The number of furan rings is 1. The summed E-state index contributed by atoms with van der Waals surface area (Å²) in [4.78, 5) is 48.4. The lowest BCUT2D eigenvalue weighted by molar-refractivity contribution is -0.139. The molecule has 222 valence electrons. The number of fused-ring (bicyclic) bond motifs is 2. The van der Waals surface area contributed by atoms with Gasteiger partial charge >= 0.3 is 0 Å². The van der Waals surface area contributed by atoms with Crippen LogP contribution in [0.3, 0.4) is 0 Å². The van der Waals surface area contributed by atoms with E-state index in [4.69, 9.17) is 4.42 Å². The molecule has 0 unspecified atom stereocenters. The van der Waals surface area contributed by atoms with Crippen LogP contribution in [-0.2, 0) is 4.79 Å². The number of rotatable bonds is 4. The quantitative estimate of drug-likeness (QED) is 0.323. The third kappa shape index (κ3) is 5.40. The van der Waals surface area contributed by atoms with Crippen LogP contribution in [0, 0.1) is 5.92 Å². The number of carbonyl (C=O) groups excluding carboxylic acids is 3. The van der Waals surface area contributed by atoms with Crippen molar-refractivity contribution in [1.29, 1.82) is 0 Å². The second kappa shape index (κ2) is 11.8. The van der Waals surface area contributed by atoms with E-state index in [1.807, 2.05) is 34.1 Å². The minimum atomic E-state index is -0.112. The molecule has 3 amide bonds. The third-order valence-electron chi connectivity index (χ3n) is 9.67. The van der Waals surface area contributed by atoms with Crippen molar-refractivity contribution in [1.82, 2.24) is 19.6 Å². The minimum absolute atomic E-state index is 0.0113. The Kier molecular flexibility index (Phi) is 7.61. The van der Waals surface area contributed by atoms with E-state index in [1.54, 1.807) is 17.0 Å². The summed E-state index contributed by atoms with van der Waals surface area (Å²) < 4.78 is 5.26. The number of piperidine rings is 2. The first kappa shape index (κ1) is 27.7. The molecule has 4 heterocycles. The lowest BCUT2D eigenvalue weighted by Crippen LogP contribution is -2.55. The van der Waals surface area contributed by atoms with Crippen molar-refractivity contribution >= 4 is 39.3 Å². The van der Waals surface area contributed by atoms with Crippen LogP contribution >= 0.6 is 0 Å². The molecule has 3 saturated heterocycles. The maximum absolute atomic E-state index is 14.0. The number of piperazine rings is 1. The summed E-state index contributed by atoms with van der Waals surface area (Å²) in [5.41, 5.74) is 0.807. The molecule has 0 spiro atoms. The van der Waals surface area contributed by atoms with Gasteiger partial charge in [-0.1, -0.05) is 48.5 Å². The average Bonchev–Trinajstić information content (AvgIpc) is 3.62. The number of hydrogen-bond acceptors (Lipinski definition) is 5. The zero-order valence-corrected chi connectivity index (χ0v) is 24.5. The molecule has 3 aromatic carbocycles. The van der Waals surface area contributed by atoms with Gasteiger partial charge in [-0.15, -0.1) is 0 Å². The number of likely N-dealkylation sites (tertiary alicyclic amines) is 2. The van der Waals surface area contributed by atoms with E-state index in [1.165, 1.54) is 6.26 Å². The number of nitrogens with zero attached hydrogens (tertiary/aromatic N) is 4. The number of amides is 3. The summed E-state index contributed by atoms with van der Waals surface area (Å²) in [7, 11) is 0. The van der Waals surface area contributed by atoms with Gasteiger partial charge in [0, 0.05) is 51.9 Å². The topological polar surface area (TPSA) is 77.3 Å². The van der Waals surface area contributed by atoms with E-state index in [-0.39, 0.29) is 23.6 Å². The maximum atomic E-state index is 14.0. The molecule has 1 atom stereocenters. The van der Waals surface area contributed by atoms with Crippen LogP contribution in [0.2, 0.25) is 0 Å². The standard InChI is InChI=1S/C35H38N4O4/c40-33(37-18-20-38(21-19-37)34(41)31-12-6-22-43-31)27-9-5-15-39(24-27)28-13-16-36(17-14-28)35(42)32-29-10-3-1-7-25(29)23-26-8-2-4-11-30(26)32/h1-4,6-8,10-12,22-23,27-28H,5,9,13-21,24H2/t27-/m1/s1. The van der Waals surface area contributed by atoms with Gasteiger partial charge in [0.25, 0.3) is 11.8 Å². The Hall–Kier alpha value is -4.17. The molecule has 0 radical (unpaired) electrons. The molecular weight excluding hydrogens is 540 g/mol. The molecule has 7 rings (SSSR count). The van der Waals surface area contributed by atoms with Crippen LogP contribution in [0.15, 0.2) is 77.4 Å². The average molecular weight is 579 g/mol. The van der Waals surface area contributed by atoms with Gasteiger partial charge in [-0.2, -0.15) is 0 Å². The minimum Gasteiger partial charge on any atom is -0.459 e. The van der Waals surface area contributed by atoms with Crippen LogP contribution in [-0.4, -0.2) is 95.7 Å². The van der Waals surface area contributed by atoms with Gasteiger partial charge in [-0.05, 0) is 72.0 Å². The van der Waals surface area contributed by atoms with E-state index < -0.39 is 0 Å². The van der Waals surface area contributed by atoms with Crippen molar-refractivity contribution in [2.24, 2.45) is 5.92 Å². The third-order valence-corrected chi connectivity index (χ3v) is 9.67. The smallest absolute Gasteiger partial charge is 0.289 e. The van der Waals surface area contributed by atoms with Gasteiger partial charge in [-0.25, -0.2) is 0 Å². The van der Waals surface area contributed by atoms with Gasteiger partial charge in [0.1, 0.15) is 0 Å². The van der Waals surface area contributed by atoms with E-state index in [9.17, 15) is 14.4 Å². The van der Waals surface area contributed by atoms with Crippen molar-refractivity contribution in [3.05, 3.63) is 84.3 Å². The fraction of sp³-hybridized carbons (Fsp3) is 0.400. The SMILES string of the molecule is O=C(c1ccco1)N1CCN(C(=O)[C@@H]2CCCN(C3CCN(C(=O)c4c5ccccc5cc5ccccc45)CC3)C2)CC1. The fourth-order valence-electron chi connectivity index (χ4n) is 7.32. The highest BCUT2D eigenvalue weighted by atomic mass is 16.3. The van der Waals surface area contributed by atoms with Crippen molar-refractivity contribution < 1.29 is 18.8 Å². The van der Waals surface area contributed by atoms with Crippen LogP contribution in [0.5, 0.6) is 0 Å². The lowest BCUT2D eigenvalue weighted by Gasteiger charge is -2.43. The molecule has 8 heteroatoms. The zero-order chi connectivity index (χ0) is 29.3. The Morgan fingerprint density at radius 1 is 0.651 bits per heavy atom. The number of benzene rings is 3. The van der Waals surface area contributed by atoms with Crippen molar-refractivity contribution in [3.8, 4) is 0 Å². The van der Waals surface area contributed by atoms with Crippen LogP contribution < -0.4 is 0 Å². The van der Waals surface area contributed by atoms with Gasteiger partial charge in [0.05, 0.1) is 17.7 Å². The highest BCUT2D eigenvalue weighted by molar-refractivity contribution is 6.18. The van der Waals surface area contributed by atoms with Gasteiger partial charge in [0.2, 0.25) is 5.91 Å². The first-order valence-corrected chi connectivity index (χ1v) is 15.6. The van der Waals surface area contributed by atoms with Gasteiger partial charge in [-0.3, -0.25) is 19.3 Å². The molecule has 0 N–H and O–H groups in total. The predicted molar refractivity (Wildman–Crippen MR) is 166 cm³/mol. The normalized spacial score (nSPS) is 20.6. The molecule has 3 aliphatic heterocycles. The molecule has 3 fully saturated rings. The Bertz CT molecular complexity index is 1580. The first-order chi connectivity index (χ1) is 21.1. The molecule has 3 aliphatic rings. The molecule has 0 saturated carbocycles. The molecule has 43 heavy (non-hydrogen) atoms. The van der Waals surface area contributed by atoms with Crippen molar-refractivity contribution in [3.63, 3.8) is 0 Å². The van der Waals surface area contributed by atoms with Crippen molar-refractivity contribution in [2.75, 3.05) is 52.4 Å². The van der Waals surface area contributed by atoms with Crippen LogP contribution in [0.1, 0.15) is 46.6 Å². The Labute approximate surface area is 251 Å². The van der Waals surface area contributed by atoms with Gasteiger partial charge < -0.3 is 19.1 Å². The highest BCUT2D eigenvalue weighted by Crippen LogP contribution is 2.31. The second-order valence-corrected chi connectivity index (χ2v) is 12.1. The molecular formula is C35H38N4O4.